The summed E-state index contributed by atoms with van der Waals surface area (Å²) in [5.41, 5.74) is 5.85. The van der Waals surface area contributed by atoms with E-state index in [2.05, 4.69) is 37.9 Å². The lowest BCUT2D eigenvalue weighted by Gasteiger charge is -2.39. The first-order valence-corrected chi connectivity index (χ1v) is 8.14. The summed E-state index contributed by atoms with van der Waals surface area (Å²) in [5.74, 6) is 0.147. The average molecular weight is 283 g/mol. The lowest BCUT2D eigenvalue weighted by Crippen LogP contribution is -2.55. The van der Waals surface area contributed by atoms with E-state index in [-0.39, 0.29) is 17.5 Å². The van der Waals surface area contributed by atoms with E-state index in [1.54, 1.807) is 0 Å². The monoisotopic (exact) mass is 283 g/mol. The molecule has 1 atom stereocenters. The molecule has 0 aromatic rings. The summed E-state index contributed by atoms with van der Waals surface area (Å²) in [6.45, 7) is 11.3. The molecule has 20 heavy (non-hydrogen) atoms. The smallest absolute Gasteiger partial charge is 0.237 e. The van der Waals surface area contributed by atoms with Crippen molar-refractivity contribution in [1.29, 1.82) is 0 Å². The first kappa shape index (κ1) is 17.4. The zero-order chi connectivity index (χ0) is 15.3. The Labute approximate surface area is 124 Å². The number of carbonyl (C=O) groups is 1. The van der Waals surface area contributed by atoms with Crippen molar-refractivity contribution in [3.05, 3.63) is 0 Å². The minimum absolute atomic E-state index is 0.0647. The normalized spacial score (nSPS) is 25.6. The summed E-state index contributed by atoms with van der Waals surface area (Å²) < 4.78 is 0. The summed E-state index contributed by atoms with van der Waals surface area (Å²) in [6.07, 6.45) is 5.33. The van der Waals surface area contributed by atoms with Gasteiger partial charge in [-0.25, -0.2) is 0 Å². The molecule has 1 rings (SSSR count). The molecule has 1 fully saturated rings. The van der Waals surface area contributed by atoms with Crippen molar-refractivity contribution in [2.75, 3.05) is 6.54 Å². The van der Waals surface area contributed by atoms with Crippen LogP contribution in [-0.2, 0) is 4.79 Å². The fourth-order valence-corrected chi connectivity index (χ4v) is 2.96. The Morgan fingerprint density at radius 1 is 1.30 bits per heavy atom. The lowest BCUT2D eigenvalue weighted by molar-refractivity contribution is -0.128. The highest BCUT2D eigenvalue weighted by molar-refractivity contribution is 5.82. The van der Waals surface area contributed by atoms with Gasteiger partial charge in [-0.3, -0.25) is 9.69 Å². The van der Waals surface area contributed by atoms with Crippen molar-refractivity contribution in [1.82, 2.24) is 10.2 Å². The van der Waals surface area contributed by atoms with Crippen molar-refractivity contribution in [2.45, 2.75) is 90.4 Å². The Kier molecular flexibility index (Phi) is 6.46. The molecule has 0 heterocycles. The molecular weight excluding hydrogens is 250 g/mol. The number of rotatable bonds is 6. The maximum Gasteiger partial charge on any atom is 0.237 e. The predicted octanol–water partition coefficient (Wildman–Crippen LogP) is 2.27. The van der Waals surface area contributed by atoms with Gasteiger partial charge in [0.2, 0.25) is 5.91 Å². The van der Waals surface area contributed by atoms with Crippen molar-refractivity contribution in [3.8, 4) is 0 Å². The molecule has 1 saturated carbocycles. The van der Waals surface area contributed by atoms with Crippen LogP contribution in [0.25, 0.3) is 0 Å². The van der Waals surface area contributed by atoms with Crippen LogP contribution >= 0.6 is 0 Å². The number of amides is 1. The molecule has 118 valence electrons. The second kappa shape index (κ2) is 7.41. The number of likely N-dealkylation sites (N-methyl/N-ethyl adjacent to an activating group) is 1. The first-order chi connectivity index (χ1) is 9.30. The molecule has 0 aliphatic heterocycles. The molecule has 4 heteroatoms. The standard InChI is InChI=1S/C16H33N3O/c1-6-16(4,5)18-15(20)12(3)19(7-2)14-10-8-13(17)9-11-14/h12-14H,6-11,17H2,1-5H3,(H,18,20). The average Bonchev–Trinajstić information content (AvgIpc) is 2.41. The number of carbonyl (C=O) groups excluding carboxylic acids is 1. The molecule has 1 aliphatic rings. The van der Waals surface area contributed by atoms with Gasteiger partial charge in [-0.15, -0.1) is 0 Å². The summed E-state index contributed by atoms with van der Waals surface area (Å²) in [4.78, 5) is 14.8. The number of nitrogens with one attached hydrogen (secondary N) is 1. The fraction of sp³-hybridized carbons (Fsp3) is 0.938. The van der Waals surface area contributed by atoms with Crippen LogP contribution in [0, 0.1) is 0 Å². The zero-order valence-corrected chi connectivity index (χ0v) is 13.9. The van der Waals surface area contributed by atoms with Crippen LogP contribution in [-0.4, -0.2) is 41.0 Å². The van der Waals surface area contributed by atoms with E-state index in [9.17, 15) is 4.79 Å². The summed E-state index contributed by atoms with van der Waals surface area (Å²) in [5, 5.41) is 3.16. The van der Waals surface area contributed by atoms with Crippen LogP contribution in [0.2, 0.25) is 0 Å². The largest absolute Gasteiger partial charge is 0.350 e. The second-order valence-corrected chi connectivity index (χ2v) is 6.80. The molecule has 0 radical (unpaired) electrons. The van der Waals surface area contributed by atoms with Gasteiger partial charge in [0.15, 0.2) is 0 Å². The third kappa shape index (κ3) is 4.74. The summed E-state index contributed by atoms with van der Waals surface area (Å²) in [6, 6.07) is 0.795. The van der Waals surface area contributed by atoms with Gasteiger partial charge in [0, 0.05) is 17.6 Å². The number of hydrogen-bond acceptors (Lipinski definition) is 3. The van der Waals surface area contributed by atoms with Crippen molar-refractivity contribution in [3.63, 3.8) is 0 Å². The topological polar surface area (TPSA) is 58.4 Å². The van der Waals surface area contributed by atoms with Gasteiger partial charge in [-0.05, 0) is 59.4 Å². The van der Waals surface area contributed by atoms with E-state index in [1.165, 1.54) is 0 Å². The van der Waals surface area contributed by atoms with Crippen LogP contribution in [0.4, 0.5) is 0 Å². The summed E-state index contributed by atoms with van der Waals surface area (Å²) in [7, 11) is 0. The molecule has 0 aromatic heterocycles. The third-order valence-electron chi connectivity index (χ3n) is 4.80. The van der Waals surface area contributed by atoms with Gasteiger partial charge in [-0.2, -0.15) is 0 Å². The molecule has 4 nitrogen and oxygen atoms in total. The van der Waals surface area contributed by atoms with E-state index < -0.39 is 0 Å². The summed E-state index contributed by atoms with van der Waals surface area (Å²) >= 11 is 0. The molecule has 1 aliphatic carbocycles. The van der Waals surface area contributed by atoms with Gasteiger partial charge in [-0.1, -0.05) is 13.8 Å². The van der Waals surface area contributed by atoms with Gasteiger partial charge in [0.05, 0.1) is 6.04 Å². The maximum atomic E-state index is 12.4. The number of nitrogens with two attached hydrogens (primary N) is 1. The molecule has 1 unspecified atom stereocenters. The highest BCUT2D eigenvalue weighted by Crippen LogP contribution is 2.24. The van der Waals surface area contributed by atoms with Crippen LogP contribution in [0.3, 0.4) is 0 Å². The van der Waals surface area contributed by atoms with Crippen molar-refractivity contribution in [2.24, 2.45) is 5.73 Å². The molecule has 3 N–H and O–H groups in total. The number of hydrogen-bond donors (Lipinski definition) is 2. The van der Waals surface area contributed by atoms with E-state index in [4.69, 9.17) is 5.73 Å². The third-order valence-corrected chi connectivity index (χ3v) is 4.80. The minimum atomic E-state index is -0.125. The Hall–Kier alpha value is -0.610. The van der Waals surface area contributed by atoms with Gasteiger partial charge < -0.3 is 11.1 Å². The quantitative estimate of drug-likeness (QED) is 0.786. The second-order valence-electron chi connectivity index (χ2n) is 6.80. The predicted molar refractivity (Wildman–Crippen MR) is 84.6 cm³/mol. The Bertz CT molecular complexity index is 309. The fourth-order valence-electron chi connectivity index (χ4n) is 2.96. The zero-order valence-electron chi connectivity index (χ0n) is 13.9. The first-order valence-electron chi connectivity index (χ1n) is 8.14. The highest BCUT2D eigenvalue weighted by Gasteiger charge is 2.31. The van der Waals surface area contributed by atoms with E-state index >= 15 is 0 Å². The Balaban J connectivity index is 2.62. The van der Waals surface area contributed by atoms with Crippen molar-refractivity contribution < 1.29 is 4.79 Å². The van der Waals surface area contributed by atoms with Gasteiger partial charge in [0.25, 0.3) is 0 Å². The molecule has 0 bridgehead atoms. The van der Waals surface area contributed by atoms with Crippen LogP contribution in [0.1, 0.15) is 66.7 Å². The highest BCUT2D eigenvalue weighted by atomic mass is 16.2. The van der Waals surface area contributed by atoms with E-state index in [0.717, 1.165) is 38.6 Å². The SMILES string of the molecule is CCN(C1CCC(N)CC1)C(C)C(=O)NC(C)(C)CC. The Morgan fingerprint density at radius 2 is 1.85 bits per heavy atom. The molecule has 0 spiro atoms. The molecule has 1 amide bonds. The van der Waals surface area contributed by atoms with Crippen LogP contribution in [0.5, 0.6) is 0 Å². The molecular formula is C16H33N3O. The Morgan fingerprint density at radius 3 is 2.30 bits per heavy atom. The van der Waals surface area contributed by atoms with E-state index in [1.807, 2.05) is 6.92 Å². The van der Waals surface area contributed by atoms with E-state index in [0.29, 0.717) is 12.1 Å². The number of nitrogens with zero attached hydrogens (tertiary/aromatic N) is 1. The van der Waals surface area contributed by atoms with Crippen LogP contribution < -0.4 is 11.1 Å². The molecule has 0 saturated heterocycles. The van der Waals surface area contributed by atoms with Gasteiger partial charge >= 0.3 is 0 Å². The molecule has 0 aromatic carbocycles. The van der Waals surface area contributed by atoms with Crippen molar-refractivity contribution >= 4 is 5.91 Å². The minimum Gasteiger partial charge on any atom is -0.350 e. The lowest BCUT2D eigenvalue weighted by atomic mass is 9.90. The maximum absolute atomic E-state index is 12.4. The van der Waals surface area contributed by atoms with Crippen LogP contribution in [0.15, 0.2) is 0 Å². The van der Waals surface area contributed by atoms with Gasteiger partial charge in [0.1, 0.15) is 0 Å².